The van der Waals surface area contributed by atoms with Gasteiger partial charge in [0, 0.05) is 25.7 Å². The van der Waals surface area contributed by atoms with Gasteiger partial charge in [-0.2, -0.15) is 0 Å². The van der Waals surface area contributed by atoms with Crippen molar-refractivity contribution in [3.8, 4) is 0 Å². The van der Waals surface area contributed by atoms with Crippen molar-refractivity contribution in [2.45, 2.75) is 51.7 Å². The molecule has 5 N–H and O–H groups in total. The van der Waals surface area contributed by atoms with Gasteiger partial charge in [0.05, 0.1) is 12.7 Å². The van der Waals surface area contributed by atoms with E-state index in [1.165, 1.54) is 16.7 Å². The first-order valence-electron chi connectivity index (χ1n) is 17.8. The average molecular weight is 703 g/mol. The number of benzene rings is 6. The molecule has 0 heterocycles. The van der Waals surface area contributed by atoms with Gasteiger partial charge in [0.15, 0.2) is 0 Å². The van der Waals surface area contributed by atoms with E-state index in [9.17, 15) is 0 Å². The third kappa shape index (κ3) is 24.3. The van der Waals surface area contributed by atoms with E-state index >= 15 is 0 Å². The summed E-state index contributed by atoms with van der Waals surface area (Å²) in [5.74, 6) is 0.265. The summed E-state index contributed by atoms with van der Waals surface area (Å²) in [5, 5.41) is 43.4. The molecule has 5 nitrogen and oxygen atoms in total. The van der Waals surface area contributed by atoms with E-state index in [2.05, 4.69) is 12.1 Å². The van der Waals surface area contributed by atoms with Gasteiger partial charge < -0.3 is 25.5 Å². The fourth-order valence-electron chi connectivity index (χ4n) is 4.29. The average Bonchev–Trinajstić information content (AvgIpc) is 3.23. The minimum atomic E-state index is -0.341. The van der Waals surface area contributed by atoms with E-state index in [0.29, 0.717) is 0 Å². The van der Waals surface area contributed by atoms with Gasteiger partial charge in [-0.1, -0.05) is 195 Å². The zero-order valence-electron chi connectivity index (χ0n) is 30.7. The predicted molar refractivity (Wildman–Crippen MR) is 217 cm³/mol. The Morgan fingerprint density at radius 2 is 0.712 bits per heavy atom. The lowest BCUT2D eigenvalue weighted by molar-refractivity contribution is 0.199. The van der Waals surface area contributed by atoms with E-state index in [1.807, 2.05) is 183 Å². The maximum absolute atomic E-state index is 9.02. The minimum absolute atomic E-state index is 0.140. The van der Waals surface area contributed by atoms with Gasteiger partial charge in [-0.25, -0.2) is 0 Å². The van der Waals surface area contributed by atoms with E-state index < -0.39 is 0 Å². The molecule has 6 rings (SSSR count). The Hall–Kier alpha value is -4.88. The molecule has 0 fully saturated rings. The Morgan fingerprint density at radius 3 is 1.00 bits per heavy atom. The molecule has 6 aromatic rings. The quantitative estimate of drug-likeness (QED) is 0.103. The lowest BCUT2D eigenvalue weighted by Crippen LogP contribution is -1.97. The summed E-state index contributed by atoms with van der Waals surface area (Å²) >= 11 is 0. The molecule has 2 atom stereocenters. The molecule has 0 saturated carbocycles. The number of aliphatic hydroxyl groups is 5. The second kappa shape index (κ2) is 32.1. The molecule has 0 aliphatic carbocycles. The van der Waals surface area contributed by atoms with Gasteiger partial charge in [0.25, 0.3) is 0 Å². The number of hydrogen-bond donors (Lipinski definition) is 5. The van der Waals surface area contributed by atoms with Crippen LogP contribution in [-0.4, -0.2) is 45.4 Å². The molecule has 2 unspecified atom stereocenters. The fourth-order valence-corrected chi connectivity index (χ4v) is 4.29. The highest BCUT2D eigenvalue weighted by atomic mass is 16.3. The summed E-state index contributed by atoms with van der Waals surface area (Å²) in [5.41, 5.74) is 5.63. The van der Waals surface area contributed by atoms with Crippen molar-refractivity contribution in [2.75, 3.05) is 19.8 Å². The molecule has 0 spiro atoms. The Bertz CT molecular complexity index is 1520. The van der Waals surface area contributed by atoms with Crippen LogP contribution in [0.4, 0.5) is 0 Å². The highest BCUT2D eigenvalue weighted by Crippen LogP contribution is 2.12. The molecule has 276 valence electrons. The number of aryl methyl sites for hydroxylation is 1. The van der Waals surface area contributed by atoms with Crippen molar-refractivity contribution < 1.29 is 25.5 Å². The summed E-state index contributed by atoms with van der Waals surface area (Å²) in [7, 11) is 0. The first-order valence-corrected chi connectivity index (χ1v) is 17.8. The molecule has 6 aromatic carbocycles. The van der Waals surface area contributed by atoms with Crippen LogP contribution in [0.15, 0.2) is 188 Å². The van der Waals surface area contributed by atoms with Gasteiger partial charge in [0.2, 0.25) is 0 Å². The lowest BCUT2D eigenvalue weighted by Gasteiger charge is -2.05. The van der Waals surface area contributed by atoms with Crippen LogP contribution >= 0.6 is 0 Å². The van der Waals surface area contributed by atoms with Crippen molar-refractivity contribution >= 4 is 0 Å². The summed E-state index contributed by atoms with van der Waals surface area (Å²) < 4.78 is 0. The Labute approximate surface area is 312 Å². The zero-order valence-corrected chi connectivity index (χ0v) is 30.7. The molecule has 0 aliphatic heterocycles. The third-order valence-corrected chi connectivity index (χ3v) is 7.33. The minimum Gasteiger partial charge on any atom is -0.396 e. The molecule has 5 heteroatoms. The smallest absolute Gasteiger partial charge is 0.0761 e. The first-order chi connectivity index (χ1) is 25.4. The number of rotatable bonds is 9. The largest absolute Gasteiger partial charge is 0.396 e. The third-order valence-electron chi connectivity index (χ3n) is 7.33. The SMILES string of the molecule is CC(CO)c1ccccc1.CC(O)c1ccccc1.OCCCc1ccccc1.OCCc1ccccc1.OCc1ccccc1.c1ccccc1. The topological polar surface area (TPSA) is 101 Å². The standard InChI is InChI=1S/2C9H12O.2C8H10O.C7H8O.C6H6/c1-8(7-10)9-5-3-2-4-6-9;10-8-4-7-9-5-2-1-3-6-9;1-7(9)8-5-3-2-4-6-8;9-7-6-8-4-2-1-3-5-8;8-6-7-4-2-1-3-5-7;1-2-4-6-5-3-1/h2-6,8,10H,7H2,1H3;1-3,5-6,10H,4,7-8H2;2-7,9H,1H3;1-5,9H,6-7H2;1-5,8H,6H2;1-6H. The molecule has 0 radical (unpaired) electrons. The van der Waals surface area contributed by atoms with Gasteiger partial charge in [-0.3, -0.25) is 0 Å². The van der Waals surface area contributed by atoms with Crippen molar-refractivity contribution in [1.29, 1.82) is 0 Å². The number of aliphatic hydroxyl groups excluding tert-OH is 5. The van der Waals surface area contributed by atoms with Gasteiger partial charge in [-0.15, -0.1) is 0 Å². The summed E-state index contributed by atoms with van der Waals surface area (Å²) in [4.78, 5) is 0. The molecule has 0 saturated heterocycles. The second-order valence-electron chi connectivity index (χ2n) is 11.7. The van der Waals surface area contributed by atoms with Crippen molar-refractivity contribution in [3.05, 3.63) is 216 Å². The lowest BCUT2D eigenvalue weighted by atomic mass is 10.0. The maximum atomic E-state index is 9.02. The Balaban J connectivity index is 0.000000314. The maximum Gasteiger partial charge on any atom is 0.0761 e. The van der Waals surface area contributed by atoms with Crippen LogP contribution in [0, 0.1) is 0 Å². The fraction of sp³-hybridized carbons (Fsp3) is 0.234. The van der Waals surface area contributed by atoms with Crippen LogP contribution in [0.2, 0.25) is 0 Å². The normalized spacial score (nSPS) is 10.6. The van der Waals surface area contributed by atoms with Crippen molar-refractivity contribution in [2.24, 2.45) is 0 Å². The van der Waals surface area contributed by atoms with E-state index in [-0.39, 0.29) is 38.4 Å². The van der Waals surface area contributed by atoms with Crippen LogP contribution in [0.1, 0.15) is 60.1 Å². The van der Waals surface area contributed by atoms with E-state index in [1.54, 1.807) is 6.92 Å². The monoisotopic (exact) mass is 702 g/mol. The molecule has 0 aromatic heterocycles. The summed E-state index contributed by atoms with van der Waals surface area (Å²) in [6.07, 6.45) is 2.27. The highest BCUT2D eigenvalue weighted by Gasteiger charge is 2.00. The van der Waals surface area contributed by atoms with Crippen LogP contribution < -0.4 is 0 Å². The van der Waals surface area contributed by atoms with Gasteiger partial charge in [-0.05, 0) is 54.0 Å². The van der Waals surface area contributed by atoms with Crippen LogP contribution in [-0.2, 0) is 19.4 Å². The highest BCUT2D eigenvalue weighted by molar-refractivity contribution is 5.19. The van der Waals surface area contributed by atoms with Crippen molar-refractivity contribution in [1.82, 2.24) is 0 Å². The molecule has 52 heavy (non-hydrogen) atoms. The van der Waals surface area contributed by atoms with E-state index in [0.717, 1.165) is 30.4 Å². The molecule has 0 amide bonds. The van der Waals surface area contributed by atoms with Crippen LogP contribution in [0.5, 0.6) is 0 Å². The zero-order chi connectivity index (χ0) is 37.9. The Morgan fingerprint density at radius 1 is 0.385 bits per heavy atom. The molecule has 0 bridgehead atoms. The van der Waals surface area contributed by atoms with Crippen LogP contribution in [0.3, 0.4) is 0 Å². The molecular weight excluding hydrogens is 645 g/mol. The van der Waals surface area contributed by atoms with Gasteiger partial charge >= 0.3 is 0 Å². The number of hydrogen-bond acceptors (Lipinski definition) is 5. The molecular formula is C47H58O5. The summed E-state index contributed by atoms with van der Waals surface area (Å²) in [6, 6.07) is 61.3. The van der Waals surface area contributed by atoms with Crippen molar-refractivity contribution in [3.63, 3.8) is 0 Å². The predicted octanol–water partition coefficient (Wildman–Crippen LogP) is 9.22. The Kier molecular flexibility index (Phi) is 27.8. The second-order valence-corrected chi connectivity index (χ2v) is 11.7. The first kappa shape index (κ1) is 45.1. The van der Waals surface area contributed by atoms with Gasteiger partial charge in [0.1, 0.15) is 0 Å². The molecule has 0 aliphatic rings. The van der Waals surface area contributed by atoms with E-state index in [4.69, 9.17) is 25.5 Å². The van der Waals surface area contributed by atoms with Crippen LogP contribution in [0.25, 0.3) is 0 Å². The summed E-state index contributed by atoms with van der Waals surface area (Å²) in [6.45, 7) is 4.66.